The van der Waals surface area contributed by atoms with E-state index in [0.29, 0.717) is 5.56 Å². The molecule has 0 amide bonds. The zero-order chi connectivity index (χ0) is 14.0. The molecule has 0 saturated carbocycles. The van der Waals surface area contributed by atoms with Gasteiger partial charge in [-0.05, 0) is 11.1 Å². The lowest BCUT2D eigenvalue weighted by Gasteiger charge is -2.14. The molecule has 1 aromatic heterocycles. The quantitative estimate of drug-likeness (QED) is 0.692. The maximum absolute atomic E-state index is 11.8. The summed E-state index contributed by atoms with van der Waals surface area (Å²) < 4.78 is 6.75. The van der Waals surface area contributed by atoms with Crippen LogP contribution in [0, 0.1) is 0 Å². The third kappa shape index (κ3) is 2.86. The number of nitrogens with two attached hydrogens (primary N) is 1. The first-order valence-electron chi connectivity index (χ1n) is 5.72. The predicted molar refractivity (Wildman–Crippen MR) is 72.9 cm³/mol. The average molecular weight is 332 g/mol. The van der Waals surface area contributed by atoms with Gasteiger partial charge in [-0.1, -0.05) is 15.9 Å². The Kier molecular flexibility index (Phi) is 4.35. The Bertz CT molecular complexity index is 594. The molecule has 7 nitrogen and oxygen atoms in total. The van der Waals surface area contributed by atoms with Gasteiger partial charge in [0.25, 0.3) is 5.56 Å². The second-order valence-corrected chi connectivity index (χ2v) is 4.74. The topological polar surface area (TPSA) is 110 Å². The number of hydrogen-bond acceptors (Lipinski definition) is 5. The Hall–Kier alpha value is -1.22. The van der Waals surface area contributed by atoms with Crippen LogP contribution >= 0.6 is 15.9 Å². The summed E-state index contributed by atoms with van der Waals surface area (Å²) >= 11 is 3.07. The lowest BCUT2D eigenvalue weighted by Crippen LogP contribution is -2.33. The van der Waals surface area contributed by atoms with Gasteiger partial charge >= 0.3 is 5.69 Å². The molecular formula is C11H14BrN3O4. The Morgan fingerprint density at radius 2 is 2.37 bits per heavy atom. The maximum Gasteiger partial charge on any atom is 0.330 e. The Morgan fingerprint density at radius 1 is 1.63 bits per heavy atom. The van der Waals surface area contributed by atoms with Gasteiger partial charge in [-0.2, -0.15) is 0 Å². The molecule has 0 bridgehead atoms. The van der Waals surface area contributed by atoms with Crippen molar-refractivity contribution in [1.82, 2.24) is 9.55 Å². The van der Waals surface area contributed by atoms with Gasteiger partial charge in [0.05, 0.1) is 17.8 Å². The molecular weight excluding hydrogens is 318 g/mol. The third-order valence-electron chi connectivity index (χ3n) is 2.98. The number of aromatic amines is 1. The van der Waals surface area contributed by atoms with E-state index in [1.807, 2.05) is 0 Å². The fourth-order valence-electron chi connectivity index (χ4n) is 2.00. The smallest absolute Gasteiger partial charge is 0.330 e. The number of H-pyrrole nitrogens is 1. The molecule has 19 heavy (non-hydrogen) atoms. The number of rotatable bonds is 3. The standard InChI is InChI=1S/C11H14BrN3O4/c12-2-1-6-5-15(11(18)14-10(6)17)9-3-7(16)8(4-13)19-9/h1-2,5,7-9,16H,3-4,13H2,(H,14,17,18)/b2-1+. The van der Waals surface area contributed by atoms with E-state index in [-0.39, 0.29) is 13.0 Å². The highest BCUT2D eigenvalue weighted by molar-refractivity contribution is 9.11. The van der Waals surface area contributed by atoms with Crippen LogP contribution in [0.1, 0.15) is 18.2 Å². The molecule has 3 atom stereocenters. The Labute approximate surface area is 116 Å². The monoisotopic (exact) mass is 331 g/mol. The van der Waals surface area contributed by atoms with Crippen LogP contribution < -0.4 is 17.0 Å². The molecule has 1 aliphatic rings. The van der Waals surface area contributed by atoms with Crippen LogP contribution in [0.3, 0.4) is 0 Å². The molecule has 0 aliphatic carbocycles. The van der Waals surface area contributed by atoms with E-state index in [9.17, 15) is 14.7 Å². The minimum absolute atomic E-state index is 0.171. The van der Waals surface area contributed by atoms with Crippen molar-refractivity contribution in [3.63, 3.8) is 0 Å². The predicted octanol–water partition coefficient (Wildman–Crippen LogP) is -0.491. The van der Waals surface area contributed by atoms with E-state index in [1.165, 1.54) is 21.8 Å². The van der Waals surface area contributed by atoms with E-state index >= 15 is 0 Å². The van der Waals surface area contributed by atoms with E-state index in [2.05, 4.69) is 20.9 Å². The van der Waals surface area contributed by atoms with Crippen LogP contribution in [-0.2, 0) is 4.74 Å². The van der Waals surface area contributed by atoms with Crippen molar-refractivity contribution in [2.75, 3.05) is 6.54 Å². The van der Waals surface area contributed by atoms with Gasteiger partial charge in [0.1, 0.15) is 6.23 Å². The van der Waals surface area contributed by atoms with Gasteiger partial charge in [-0.3, -0.25) is 14.3 Å². The lowest BCUT2D eigenvalue weighted by molar-refractivity contribution is -0.0151. The van der Waals surface area contributed by atoms with Gasteiger partial charge in [0.15, 0.2) is 0 Å². The molecule has 8 heteroatoms. The van der Waals surface area contributed by atoms with Crippen LogP contribution in [0.25, 0.3) is 6.08 Å². The second kappa shape index (κ2) is 5.83. The molecule has 1 fully saturated rings. The number of halogens is 1. The minimum atomic E-state index is -0.719. The average Bonchev–Trinajstić information content (AvgIpc) is 2.74. The van der Waals surface area contributed by atoms with Crippen molar-refractivity contribution in [2.45, 2.75) is 24.9 Å². The molecule has 104 valence electrons. The van der Waals surface area contributed by atoms with Gasteiger partial charge in [0.2, 0.25) is 0 Å². The third-order valence-corrected chi connectivity index (χ3v) is 3.25. The van der Waals surface area contributed by atoms with Crippen LogP contribution in [0.2, 0.25) is 0 Å². The number of nitrogens with one attached hydrogen (secondary N) is 1. The fraction of sp³-hybridized carbons (Fsp3) is 0.455. The first-order valence-corrected chi connectivity index (χ1v) is 6.64. The van der Waals surface area contributed by atoms with Crippen LogP contribution in [0.15, 0.2) is 20.8 Å². The summed E-state index contributed by atoms with van der Waals surface area (Å²) in [5.74, 6) is 0. The molecule has 1 aromatic rings. The van der Waals surface area contributed by atoms with Crippen molar-refractivity contribution in [2.24, 2.45) is 5.73 Å². The SMILES string of the molecule is NCC1OC(n2cc(/C=C/Br)c(=O)[nH]c2=O)CC1O. The summed E-state index contributed by atoms with van der Waals surface area (Å²) in [6.45, 7) is 0.171. The normalized spacial score (nSPS) is 27.2. The first kappa shape index (κ1) is 14.2. The zero-order valence-electron chi connectivity index (χ0n) is 9.95. The second-order valence-electron chi connectivity index (χ2n) is 4.21. The van der Waals surface area contributed by atoms with E-state index < -0.39 is 29.7 Å². The van der Waals surface area contributed by atoms with Crippen molar-refractivity contribution in [3.05, 3.63) is 37.6 Å². The van der Waals surface area contributed by atoms with E-state index in [4.69, 9.17) is 10.5 Å². The van der Waals surface area contributed by atoms with Crippen molar-refractivity contribution in [3.8, 4) is 0 Å². The van der Waals surface area contributed by atoms with E-state index in [0.717, 1.165) is 0 Å². The van der Waals surface area contributed by atoms with Crippen LogP contribution in [-0.4, -0.2) is 33.4 Å². The molecule has 4 N–H and O–H groups in total. The van der Waals surface area contributed by atoms with Gasteiger partial charge in [-0.15, -0.1) is 0 Å². The van der Waals surface area contributed by atoms with Gasteiger partial charge in [0, 0.05) is 19.2 Å². The molecule has 0 spiro atoms. The molecule has 3 unspecified atom stereocenters. The lowest BCUT2D eigenvalue weighted by atomic mass is 10.2. The maximum atomic E-state index is 11.8. The molecule has 2 rings (SSSR count). The number of ether oxygens (including phenoxy) is 1. The summed E-state index contributed by atoms with van der Waals surface area (Å²) in [6.07, 6.45) is 1.32. The minimum Gasteiger partial charge on any atom is -0.390 e. The Balaban J connectivity index is 2.38. The van der Waals surface area contributed by atoms with Crippen LogP contribution in [0.4, 0.5) is 0 Å². The van der Waals surface area contributed by atoms with Gasteiger partial charge in [-0.25, -0.2) is 4.79 Å². The van der Waals surface area contributed by atoms with Crippen molar-refractivity contribution >= 4 is 22.0 Å². The summed E-state index contributed by atoms with van der Waals surface area (Å²) in [6, 6.07) is 0. The van der Waals surface area contributed by atoms with Crippen molar-refractivity contribution in [1.29, 1.82) is 0 Å². The molecule has 1 aliphatic heterocycles. The summed E-state index contributed by atoms with van der Waals surface area (Å²) in [5, 5.41) is 9.73. The van der Waals surface area contributed by atoms with Crippen LogP contribution in [0.5, 0.6) is 0 Å². The number of hydrogen-bond donors (Lipinski definition) is 3. The number of aliphatic hydroxyl groups excluding tert-OH is 1. The summed E-state index contributed by atoms with van der Waals surface area (Å²) in [7, 11) is 0. The summed E-state index contributed by atoms with van der Waals surface area (Å²) in [4.78, 5) is 27.0. The summed E-state index contributed by atoms with van der Waals surface area (Å²) in [5.41, 5.74) is 4.71. The fourth-order valence-corrected chi connectivity index (χ4v) is 2.28. The van der Waals surface area contributed by atoms with E-state index in [1.54, 1.807) is 0 Å². The number of aromatic nitrogens is 2. The zero-order valence-corrected chi connectivity index (χ0v) is 11.5. The number of aliphatic hydroxyl groups is 1. The molecule has 0 aromatic carbocycles. The molecule has 2 heterocycles. The largest absolute Gasteiger partial charge is 0.390 e. The highest BCUT2D eigenvalue weighted by Gasteiger charge is 2.34. The molecule has 1 saturated heterocycles. The number of nitrogens with zero attached hydrogens (tertiary/aromatic N) is 1. The molecule has 0 radical (unpaired) electrons. The first-order chi connectivity index (χ1) is 9.06. The van der Waals surface area contributed by atoms with Gasteiger partial charge < -0.3 is 15.6 Å². The Morgan fingerprint density at radius 3 is 2.95 bits per heavy atom. The van der Waals surface area contributed by atoms with Crippen molar-refractivity contribution < 1.29 is 9.84 Å². The highest BCUT2D eigenvalue weighted by atomic mass is 79.9. The highest BCUT2D eigenvalue weighted by Crippen LogP contribution is 2.26.